The average molecular weight is 297 g/mol. The number of piperidine rings is 1. The van der Waals surface area contributed by atoms with Crippen LogP contribution in [0.25, 0.3) is 0 Å². The molecule has 1 aliphatic heterocycles. The highest BCUT2D eigenvalue weighted by Crippen LogP contribution is 2.20. The molecule has 0 aromatic heterocycles. The molecule has 1 fully saturated rings. The lowest BCUT2D eigenvalue weighted by Crippen LogP contribution is -2.44. The lowest BCUT2D eigenvalue weighted by Gasteiger charge is -2.36. The Morgan fingerprint density at radius 2 is 2.19 bits per heavy atom. The van der Waals surface area contributed by atoms with E-state index in [1.807, 2.05) is 0 Å². The number of likely N-dealkylation sites (tertiary alicyclic amines) is 1. The van der Waals surface area contributed by atoms with Gasteiger partial charge in [-0.1, -0.05) is 13.0 Å². The summed E-state index contributed by atoms with van der Waals surface area (Å²) in [5, 5.41) is 0. The summed E-state index contributed by atoms with van der Waals surface area (Å²) in [5.74, 6) is -1.89. The zero-order valence-corrected chi connectivity index (χ0v) is 12.4. The number of rotatable bonds is 5. The summed E-state index contributed by atoms with van der Waals surface area (Å²) in [4.78, 5) is 14.2. The molecule has 0 bridgehead atoms. The molecule has 2 atom stereocenters. The van der Waals surface area contributed by atoms with E-state index in [0.717, 1.165) is 25.6 Å². The van der Waals surface area contributed by atoms with Crippen LogP contribution in [0.15, 0.2) is 18.2 Å². The Kier molecular flexibility index (Phi) is 5.42. The molecule has 0 radical (unpaired) electrons. The van der Waals surface area contributed by atoms with Crippen molar-refractivity contribution in [1.29, 1.82) is 0 Å². The molecule has 0 amide bonds. The van der Waals surface area contributed by atoms with Gasteiger partial charge in [0.2, 0.25) is 0 Å². The fourth-order valence-corrected chi connectivity index (χ4v) is 2.72. The summed E-state index contributed by atoms with van der Waals surface area (Å²) < 4.78 is 32.1. The van der Waals surface area contributed by atoms with Crippen LogP contribution in [0, 0.1) is 17.6 Å². The van der Waals surface area contributed by atoms with Crippen molar-refractivity contribution in [3.63, 3.8) is 0 Å². The van der Waals surface area contributed by atoms with Gasteiger partial charge in [0.25, 0.3) is 0 Å². The van der Waals surface area contributed by atoms with Gasteiger partial charge < -0.3 is 9.64 Å². The molecule has 116 valence electrons. The maximum atomic E-state index is 13.6. The summed E-state index contributed by atoms with van der Waals surface area (Å²) in [6.45, 7) is 4.37. The Labute approximate surface area is 123 Å². The van der Waals surface area contributed by atoms with E-state index in [4.69, 9.17) is 4.74 Å². The van der Waals surface area contributed by atoms with Crippen molar-refractivity contribution in [1.82, 2.24) is 4.90 Å². The number of benzene rings is 1. The molecule has 0 spiro atoms. The van der Waals surface area contributed by atoms with Crippen LogP contribution in [0.3, 0.4) is 0 Å². The second-order valence-corrected chi connectivity index (χ2v) is 5.62. The third-order valence-corrected chi connectivity index (χ3v) is 4.18. The number of nitrogens with zero attached hydrogens (tertiary/aromatic N) is 1. The molecule has 3 nitrogen and oxygen atoms in total. The molecule has 21 heavy (non-hydrogen) atoms. The molecule has 0 N–H and O–H groups in total. The van der Waals surface area contributed by atoms with Crippen molar-refractivity contribution < 1.29 is 18.3 Å². The highest BCUT2D eigenvalue weighted by molar-refractivity contribution is 5.96. The molecule has 2 unspecified atom stereocenters. The van der Waals surface area contributed by atoms with Gasteiger partial charge in [0.1, 0.15) is 0 Å². The number of halogens is 2. The van der Waals surface area contributed by atoms with E-state index < -0.39 is 11.6 Å². The number of hydrogen-bond donors (Lipinski definition) is 0. The van der Waals surface area contributed by atoms with Gasteiger partial charge in [-0.15, -0.1) is 0 Å². The molecule has 0 saturated carbocycles. The van der Waals surface area contributed by atoms with Gasteiger partial charge in [-0.25, -0.2) is 8.78 Å². The van der Waals surface area contributed by atoms with Crippen LogP contribution in [-0.4, -0.2) is 43.5 Å². The number of Topliss-reactive ketones (excluding diaryl/α,β-unsaturated/α-hetero) is 1. The Bertz CT molecular complexity index is 507. The number of ketones is 1. The Hall–Kier alpha value is -1.33. The fraction of sp³-hybridized carbons (Fsp3) is 0.562. The van der Waals surface area contributed by atoms with Crippen molar-refractivity contribution in [2.75, 3.05) is 26.7 Å². The van der Waals surface area contributed by atoms with Crippen LogP contribution in [-0.2, 0) is 4.74 Å². The molecular formula is C16H21F2NO2. The molecule has 1 aromatic carbocycles. The minimum atomic E-state index is -1.05. The van der Waals surface area contributed by atoms with Gasteiger partial charge in [-0.2, -0.15) is 0 Å². The van der Waals surface area contributed by atoms with Crippen molar-refractivity contribution in [3.8, 4) is 0 Å². The maximum Gasteiger partial charge on any atom is 0.169 e. The van der Waals surface area contributed by atoms with Gasteiger partial charge >= 0.3 is 0 Å². The van der Waals surface area contributed by atoms with E-state index >= 15 is 0 Å². The molecular weight excluding hydrogens is 276 g/mol. The van der Waals surface area contributed by atoms with Crippen LogP contribution < -0.4 is 0 Å². The zero-order chi connectivity index (χ0) is 15.4. The Morgan fingerprint density at radius 1 is 1.43 bits per heavy atom. The highest BCUT2D eigenvalue weighted by atomic mass is 19.2. The third kappa shape index (κ3) is 3.86. The number of carbonyl (C=O) groups is 1. The maximum absolute atomic E-state index is 13.6. The van der Waals surface area contributed by atoms with E-state index in [0.29, 0.717) is 12.5 Å². The largest absolute Gasteiger partial charge is 0.380 e. The lowest BCUT2D eigenvalue weighted by molar-refractivity contribution is -0.00480. The second-order valence-electron chi connectivity index (χ2n) is 5.62. The van der Waals surface area contributed by atoms with Crippen LogP contribution >= 0.6 is 0 Å². The molecule has 1 saturated heterocycles. The van der Waals surface area contributed by atoms with Crippen LogP contribution in [0.5, 0.6) is 0 Å². The van der Waals surface area contributed by atoms with Gasteiger partial charge in [0, 0.05) is 26.6 Å². The van der Waals surface area contributed by atoms with E-state index in [-0.39, 0.29) is 23.9 Å². The average Bonchev–Trinajstić information content (AvgIpc) is 2.49. The monoisotopic (exact) mass is 297 g/mol. The van der Waals surface area contributed by atoms with E-state index in [2.05, 4.69) is 11.8 Å². The van der Waals surface area contributed by atoms with Crippen molar-refractivity contribution in [2.24, 2.45) is 5.92 Å². The molecule has 1 heterocycles. The molecule has 0 aliphatic carbocycles. The molecule has 1 aromatic rings. The highest BCUT2D eigenvalue weighted by Gasteiger charge is 2.26. The van der Waals surface area contributed by atoms with Gasteiger partial charge in [0.05, 0.1) is 11.7 Å². The SMILES string of the molecule is COC1CN(CCC(=O)c2cccc(F)c2F)CCC1C. The quantitative estimate of drug-likeness (QED) is 0.783. The minimum Gasteiger partial charge on any atom is -0.380 e. The van der Waals surface area contributed by atoms with Gasteiger partial charge in [-0.3, -0.25) is 4.79 Å². The van der Waals surface area contributed by atoms with E-state index in [9.17, 15) is 13.6 Å². The predicted octanol–water partition coefficient (Wildman–Crippen LogP) is 2.89. The Balaban J connectivity index is 1.91. The lowest BCUT2D eigenvalue weighted by atomic mass is 9.95. The summed E-state index contributed by atoms with van der Waals surface area (Å²) in [6.07, 6.45) is 1.37. The first-order valence-electron chi connectivity index (χ1n) is 7.25. The topological polar surface area (TPSA) is 29.5 Å². The smallest absolute Gasteiger partial charge is 0.169 e. The van der Waals surface area contributed by atoms with Crippen molar-refractivity contribution >= 4 is 5.78 Å². The van der Waals surface area contributed by atoms with Gasteiger partial charge in [-0.05, 0) is 31.0 Å². The number of ether oxygens (including phenoxy) is 1. The van der Waals surface area contributed by atoms with Crippen LogP contribution in [0.1, 0.15) is 30.1 Å². The van der Waals surface area contributed by atoms with Crippen molar-refractivity contribution in [3.05, 3.63) is 35.4 Å². The van der Waals surface area contributed by atoms with Gasteiger partial charge in [0.15, 0.2) is 17.4 Å². The third-order valence-electron chi connectivity index (χ3n) is 4.18. The number of methoxy groups -OCH3 is 1. The van der Waals surface area contributed by atoms with E-state index in [1.54, 1.807) is 7.11 Å². The summed E-state index contributed by atoms with van der Waals surface area (Å²) in [7, 11) is 1.69. The van der Waals surface area contributed by atoms with Crippen molar-refractivity contribution in [2.45, 2.75) is 25.9 Å². The van der Waals surface area contributed by atoms with Crippen LogP contribution in [0.4, 0.5) is 8.78 Å². The standard InChI is InChI=1S/C16H21F2NO2/c1-11-6-8-19(10-15(11)21-2)9-7-14(20)12-4-3-5-13(17)16(12)18/h3-5,11,15H,6-10H2,1-2H3. The predicted molar refractivity (Wildman–Crippen MR) is 76.3 cm³/mol. The molecule has 1 aliphatic rings. The summed E-state index contributed by atoms with van der Waals surface area (Å²) in [5.41, 5.74) is -0.163. The van der Waals surface area contributed by atoms with Crippen LogP contribution in [0.2, 0.25) is 0 Å². The minimum absolute atomic E-state index is 0.163. The first-order chi connectivity index (χ1) is 10.0. The zero-order valence-electron chi connectivity index (χ0n) is 12.4. The number of hydrogen-bond acceptors (Lipinski definition) is 3. The fourth-order valence-electron chi connectivity index (χ4n) is 2.72. The normalized spacial score (nSPS) is 23.2. The number of carbonyl (C=O) groups excluding carboxylic acids is 1. The molecule has 5 heteroatoms. The Morgan fingerprint density at radius 3 is 2.90 bits per heavy atom. The summed E-state index contributed by atoms with van der Waals surface area (Å²) in [6, 6.07) is 3.70. The van der Waals surface area contributed by atoms with E-state index in [1.165, 1.54) is 12.1 Å². The second kappa shape index (κ2) is 7.09. The summed E-state index contributed by atoms with van der Waals surface area (Å²) >= 11 is 0. The first kappa shape index (κ1) is 16.0. The first-order valence-corrected chi connectivity index (χ1v) is 7.25. The molecule has 2 rings (SSSR count).